The van der Waals surface area contributed by atoms with E-state index < -0.39 is 0 Å². The summed E-state index contributed by atoms with van der Waals surface area (Å²) in [5, 5.41) is 5.42. The average Bonchev–Trinajstić information content (AvgIpc) is 3.89. The maximum absolute atomic E-state index is 6.53. The molecule has 0 amide bonds. The van der Waals surface area contributed by atoms with Crippen LogP contribution in [0.1, 0.15) is 0 Å². The van der Waals surface area contributed by atoms with Crippen molar-refractivity contribution < 1.29 is 8.83 Å². The lowest BCUT2D eigenvalue weighted by Gasteiger charge is -2.10. The Kier molecular flexibility index (Phi) is 7.74. The third kappa shape index (κ3) is 5.81. The van der Waals surface area contributed by atoms with Crippen LogP contribution < -0.4 is 0 Å². The summed E-state index contributed by atoms with van der Waals surface area (Å²) in [7, 11) is 0. The summed E-state index contributed by atoms with van der Waals surface area (Å²) < 4.78 is 12.8. The van der Waals surface area contributed by atoms with E-state index in [-0.39, 0.29) is 0 Å². The minimum atomic E-state index is 0.523. The van der Waals surface area contributed by atoms with Gasteiger partial charge in [-0.2, -0.15) is 0 Å². The molecule has 6 nitrogen and oxygen atoms in total. The third-order valence-corrected chi connectivity index (χ3v) is 11.4. The Morgan fingerprint density at radius 3 is 1.72 bits per heavy atom. The minimum Gasteiger partial charge on any atom is -0.456 e. The summed E-state index contributed by atoms with van der Waals surface area (Å²) in [5.41, 5.74) is 12.9. The Morgan fingerprint density at radius 1 is 0.317 bits per heavy atom. The van der Waals surface area contributed by atoms with E-state index in [1.807, 2.05) is 66.9 Å². The van der Waals surface area contributed by atoms with Crippen LogP contribution in [0.5, 0.6) is 0 Å². The smallest absolute Gasteiger partial charge is 0.164 e. The van der Waals surface area contributed by atoms with Crippen LogP contribution in [0.25, 0.3) is 122 Å². The van der Waals surface area contributed by atoms with E-state index in [2.05, 4.69) is 127 Å². The van der Waals surface area contributed by atoms with Gasteiger partial charge in [0.2, 0.25) is 0 Å². The molecule has 12 aromatic rings. The number of rotatable bonds is 6. The van der Waals surface area contributed by atoms with Gasteiger partial charge in [0.25, 0.3) is 0 Å². The Balaban J connectivity index is 0.958. The summed E-state index contributed by atoms with van der Waals surface area (Å²) in [5.74, 6) is 1.62. The van der Waals surface area contributed by atoms with E-state index in [0.717, 1.165) is 77.3 Å². The number of fused-ring (bicyclic) bond motifs is 7. The van der Waals surface area contributed by atoms with Crippen molar-refractivity contribution in [2.24, 2.45) is 0 Å². The number of para-hydroxylation sites is 1. The highest BCUT2D eigenvalue weighted by molar-refractivity contribution is 6.10. The first kappa shape index (κ1) is 33.9. The van der Waals surface area contributed by atoms with Gasteiger partial charge in [-0.1, -0.05) is 152 Å². The molecule has 0 aliphatic carbocycles. The second-order valence-corrected chi connectivity index (χ2v) is 15.0. The Bertz CT molecular complexity index is 3590. The van der Waals surface area contributed by atoms with Gasteiger partial charge >= 0.3 is 0 Å². The van der Waals surface area contributed by atoms with E-state index >= 15 is 0 Å². The molecule has 60 heavy (non-hydrogen) atoms. The molecule has 4 heterocycles. The number of benzene rings is 8. The third-order valence-electron chi connectivity index (χ3n) is 11.4. The minimum absolute atomic E-state index is 0.523. The fraction of sp³-hybridized carbons (Fsp3) is 0. The van der Waals surface area contributed by atoms with Gasteiger partial charge in [0.1, 0.15) is 22.3 Å². The van der Waals surface area contributed by atoms with Crippen molar-refractivity contribution in [2.75, 3.05) is 0 Å². The van der Waals surface area contributed by atoms with Crippen molar-refractivity contribution in [3.05, 3.63) is 194 Å². The van der Waals surface area contributed by atoms with Crippen molar-refractivity contribution in [3.8, 4) is 67.5 Å². The molecule has 0 unspecified atom stereocenters. The number of aromatic nitrogens is 4. The van der Waals surface area contributed by atoms with Crippen LogP contribution in [0, 0.1) is 0 Å². The summed E-state index contributed by atoms with van der Waals surface area (Å²) >= 11 is 0. The van der Waals surface area contributed by atoms with E-state index in [0.29, 0.717) is 28.6 Å². The Hall–Kier alpha value is -8.22. The van der Waals surface area contributed by atoms with E-state index in [9.17, 15) is 0 Å². The first-order chi connectivity index (χ1) is 29.7. The zero-order chi connectivity index (χ0) is 39.6. The molecule has 6 heteroatoms. The number of pyridine rings is 1. The summed E-state index contributed by atoms with van der Waals surface area (Å²) in [4.78, 5) is 20.4. The average molecular weight is 769 g/mol. The van der Waals surface area contributed by atoms with E-state index in [4.69, 9.17) is 28.8 Å². The second-order valence-electron chi connectivity index (χ2n) is 15.0. The molecule has 4 aromatic heterocycles. The largest absolute Gasteiger partial charge is 0.456 e. The number of hydrogen-bond acceptors (Lipinski definition) is 6. The van der Waals surface area contributed by atoms with Gasteiger partial charge in [-0.3, -0.25) is 4.98 Å². The first-order valence-electron chi connectivity index (χ1n) is 19.9. The van der Waals surface area contributed by atoms with Gasteiger partial charge in [-0.25, -0.2) is 15.0 Å². The molecule has 0 aliphatic heterocycles. The maximum Gasteiger partial charge on any atom is 0.164 e. The molecule has 0 atom stereocenters. The fourth-order valence-electron chi connectivity index (χ4n) is 8.32. The van der Waals surface area contributed by atoms with Gasteiger partial charge in [0.05, 0.1) is 5.39 Å². The van der Waals surface area contributed by atoms with Crippen molar-refractivity contribution >= 4 is 54.8 Å². The summed E-state index contributed by atoms with van der Waals surface area (Å²) in [6.07, 6.45) is 1.92. The molecule has 0 spiro atoms. The monoisotopic (exact) mass is 768 g/mol. The van der Waals surface area contributed by atoms with Crippen LogP contribution >= 0.6 is 0 Å². The van der Waals surface area contributed by atoms with Gasteiger partial charge in [0, 0.05) is 39.2 Å². The van der Waals surface area contributed by atoms with E-state index in [1.165, 1.54) is 16.3 Å². The van der Waals surface area contributed by atoms with Crippen LogP contribution in [0.2, 0.25) is 0 Å². The maximum atomic E-state index is 6.53. The first-order valence-corrected chi connectivity index (χ1v) is 19.9. The molecule has 0 bridgehead atoms. The molecule has 0 aliphatic rings. The Labute approximate surface area is 344 Å². The van der Waals surface area contributed by atoms with Crippen LogP contribution in [-0.2, 0) is 0 Å². The van der Waals surface area contributed by atoms with Gasteiger partial charge in [-0.15, -0.1) is 0 Å². The fourth-order valence-corrected chi connectivity index (χ4v) is 8.32. The van der Waals surface area contributed by atoms with E-state index in [1.54, 1.807) is 0 Å². The van der Waals surface area contributed by atoms with Crippen LogP contribution in [0.3, 0.4) is 0 Å². The van der Waals surface area contributed by atoms with Crippen LogP contribution in [0.4, 0.5) is 0 Å². The molecule has 280 valence electrons. The number of hydrogen-bond donors (Lipinski definition) is 0. The van der Waals surface area contributed by atoms with Crippen molar-refractivity contribution in [2.45, 2.75) is 0 Å². The summed E-state index contributed by atoms with van der Waals surface area (Å²) in [6, 6.07) is 64.6. The topological polar surface area (TPSA) is 77.8 Å². The zero-order valence-electron chi connectivity index (χ0n) is 32.1. The molecule has 0 saturated heterocycles. The second kappa shape index (κ2) is 13.7. The molecule has 8 aromatic carbocycles. The van der Waals surface area contributed by atoms with Gasteiger partial charge in [0.15, 0.2) is 23.1 Å². The van der Waals surface area contributed by atoms with Crippen molar-refractivity contribution in [1.82, 2.24) is 19.9 Å². The lowest BCUT2D eigenvalue weighted by atomic mass is 9.99. The zero-order valence-corrected chi connectivity index (χ0v) is 32.1. The molecule has 0 fully saturated rings. The highest BCUT2D eigenvalue weighted by Gasteiger charge is 2.20. The highest BCUT2D eigenvalue weighted by atomic mass is 16.3. The molecule has 0 saturated carbocycles. The Morgan fingerprint density at radius 2 is 0.883 bits per heavy atom. The predicted molar refractivity (Wildman–Crippen MR) is 242 cm³/mol. The van der Waals surface area contributed by atoms with Gasteiger partial charge < -0.3 is 8.83 Å². The lowest BCUT2D eigenvalue weighted by Crippen LogP contribution is -2.00. The standard InChI is InChI=1S/C54H32N4O2/c1-2-9-33(10-3-1)35-21-24-38(25-22-35)52-56-53(41-27-28-44-43-13-6-7-15-46(43)59-48(44)30-41)58-54(57-52)45-14-8-16-47-50(45)51-49(60-47)31-42(32-55-51)37-19-17-36(18-20-37)40-26-23-34-11-4-5-12-39(34)29-40/h1-32H. The molecular formula is C54H32N4O2. The predicted octanol–water partition coefficient (Wildman–Crippen LogP) is 14.2. The molecular weight excluding hydrogens is 737 g/mol. The highest BCUT2D eigenvalue weighted by Crippen LogP contribution is 2.38. The SMILES string of the molecule is c1ccc(-c2ccc(-c3nc(-c4ccc5c(c4)oc4ccccc45)nc(-c4cccc5oc6cc(-c7ccc(-c8ccc9ccccc9c8)cc7)cnc6c45)n3)cc2)cc1. The van der Waals surface area contributed by atoms with Crippen molar-refractivity contribution in [1.29, 1.82) is 0 Å². The number of furan rings is 2. The lowest BCUT2D eigenvalue weighted by molar-refractivity contribution is 0.668. The van der Waals surface area contributed by atoms with Crippen molar-refractivity contribution in [3.63, 3.8) is 0 Å². The molecule has 0 radical (unpaired) electrons. The number of nitrogens with zero attached hydrogens (tertiary/aromatic N) is 4. The van der Waals surface area contributed by atoms with Gasteiger partial charge in [-0.05, 0) is 75.0 Å². The molecule has 0 N–H and O–H groups in total. The summed E-state index contributed by atoms with van der Waals surface area (Å²) in [6.45, 7) is 0. The quantitative estimate of drug-likeness (QED) is 0.168. The van der Waals surface area contributed by atoms with Crippen LogP contribution in [0.15, 0.2) is 203 Å². The molecule has 12 rings (SSSR count). The van der Waals surface area contributed by atoms with Crippen LogP contribution in [-0.4, -0.2) is 19.9 Å². The normalized spacial score (nSPS) is 11.7.